The average Bonchev–Trinajstić information content (AvgIpc) is 2.26. The minimum absolute atomic E-state index is 0.380. The molecule has 3 nitrogen and oxygen atoms in total. The van der Waals surface area contributed by atoms with Gasteiger partial charge in [0.05, 0.1) is 17.6 Å². The lowest BCUT2D eigenvalue weighted by Crippen LogP contribution is -1.93. The molecule has 1 aliphatic rings. The highest BCUT2D eigenvalue weighted by Gasteiger charge is 2.13. The van der Waals surface area contributed by atoms with Gasteiger partial charge in [-0.05, 0) is 17.1 Å². The molecule has 0 N–H and O–H groups in total. The zero-order chi connectivity index (χ0) is 8.32. The molecule has 0 saturated heterocycles. The normalized spacial score (nSPS) is 22.9. The van der Waals surface area contributed by atoms with E-state index in [9.17, 15) is 4.21 Å². The standard InChI is InChI=1S/C6H10ClNO2S/c1-2-3-10-6-4-11(7,9)5-8-6/h4-5,11H,2-3H2,1H3. The molecule has 0 aliphatic carbocycles. The Kier molecular flexibility index (Phi) is 2.67. The summed E-state index contributed by atoms with van der Waals surface area (Å²) in [4.78, 5) is 3.74. The molecule has 5 heteroatoms. The largest absolute Gasteiger partial charge is 0.477 e. The first kappa shape index (κ1) is 8.74. The first-order valence-corrected chi connectivity index (χ1v) is 6.09. The quantitative estimate of drug-likeness (QED) is 0.547. The monoisotopic (exact) mass is 195 g/mol. The summed E-state index contributed by atoms with van der Waals surface area (Å²) in [7, 11) is 2.75. The van der Waals surface area contributed by atoms with Crippen molar-refractivity contribution >= 4 is 25.4 Å². The lowest BCUT2D eigenvalue weighted by molar-refractivity contribution is 0.212. The van der Waals surface area contributed by atoms with Crippen molar-refractivity contribution in [3.8, 4) is 0 Å². The minimum Gasteiger partial charge on any atom is -0.477 e. The zero-order valence-corrected chi connectivity index (χ0v) is 7.81. The van der Waals surface area contributed by atoms with Gasteiger partial charge in [0.2, 0.25) is 5.88 Å². The van der Waals surface area contributed by atoms with Crippen LogP contribution in [0.4, 0.5) is 0 Å². The van der Waals surface area contributed by atoms with Crippen molar-refractivity contribution in [1.29, 1.82) is 0 Å². The van der Waals surface area contributed by atoms with Gasteiger partial charge in [-0.3, -0.25) is 4.21 Å². The summed E-state index contributed by atoms with van der Waals surface area (Å²) in [6.45, 7) is 2.57. The number of thiol groups is 1. The van der Waals surface area contributed by atoms with E-state index in [1.165, 1.54) is 11.0 Å². The lowest BCUT2D eigenvalue weighted by Gasteiger charge is -2.00. The van der Waals surface area contributed by atoms with E-state index in [0.29, 0.717) is 12.5 Å². The number of hydrogen-bond acceptors (Lipinski definition) is 3. The second-order valence-electron chi connectivity index (χ2n) is 2.18. The van der Waals surface area contributed by atoms with Crippen molar-refractivity contribution in [3.05, 3.63) is 11.3 Å². The summed E-state index contributed by atoms with van der Waals surface area (Å²) in [6, 6.07) is 0. The van der Waals surface area contributed by atoms with E-state index in [1.54, 1.807) is 0 Å². The van der Waals surface area contributed by atoms with Gasteiger partial charge in [0, 0.05) is 9.15 Å². The Balaban J connectivity index is 2.51. The number of hydrogen-bond donors (Lipinski definition) is 1. The van der Waals surface area contributed by atoms with Crippen LogP contribution in [-0.2, 0) is 13.9 Å². The number of ether oxygens (including phenoxy) is 1. The van der Waals surface area contributed by atoms with E-state index in [4.69, 9.17) is 15.4 Å². The number of rotatable bonds is 3. The van der Waals surface area contributed by atoms with Gasteiger partial charge >= 0.3 is 0 Å². The molecule has 0 spiro atoms. The van der Waals surface area contributed by atoms with E-state index in [0.717, 1.165) is 6.42 Å². The van der Waals surface area contributed by atoms with Crippen LogP contribution in [0.15, 0.2) is 16.3 Å². The van der Waals surface area contributed by atoms with Crippen LogP contribution in [0.25, 0.3) is 0 Å². The maximum absolute atomic E-state index is 11.0. The van der Waals surface area contributed by atoms with Gasteiger partial charge in [0.1, 0.15) is 0 Å². The summed E-state index contributed by atoms with van der Waals surface area (Å²) in [5.41, 5.74) is 1.24. The van der Waals surface area contributed by atoms with Gasteiger partial charge in [-0.2, -0.15) is 0 Å². The Labute approximate surface area is 71.0 Å². The molecule has 1 aliphatic heterocycles. The van der Waals surface area contributed by atoms with Crippen molar-refractivity contribution in [3.63, 3.8) is 0 Å². The highest BCUT2D eigenvalue weighted by molar-refractivity contribution is 8.35. The zero-order valence-electron chi connectivity index (χ0n) is 6.16. The van der Waals surface area contributed by atoms with Crippen LogP contribution < -0.4 is 0 Å². The van der Waals surface area contributed by atoms with Crippen molar-refractivity contribution in [2.45, 2.75) is 13.3 Å². The lowest BCUT2D eigenvalue weighted by atomic mass is 10.5. The smallest absolute Gasteiger partial charge is 0.222 e. The summed E-state index contributed by atoms with van der Waals surface area (Å²) in [5.74, 6) is 0.380. The topological polar surface area (TPSA) is 38.7 Å². The molecule has 0 bridgehead atoms. The third-order valence-electron chi connectivity index (χ3n) is 1.08. The first-order chi connectivity index (χ1) is 5.14. The molecule has 0 amide bonds. The number of halogens is 1. The Morgan fingerprint density at radius 1 is 1.82 bits per heavy atom. The summed E-state index contributed by atoms with van der Waals surface area (Å²) < 4.78 is 16.1. The molecule has 0 fully saturated rings. The fourth-order valence-electron chi connectivity index (χ4n) is 0.634. The Morgan fingerprint density at radius 3 is 3.00 bits per heavy atom. The Morgan fingerprint density at radius 2 is 2.55 bits per heavy atom. The second kappa shape index (κ2) is 3.36. The van der Waals surface area contributed by atoms with E-state index >= 15 is 0 Å². The van der Waals surface area contributed by atoms with Crippen LogP contribution in [0.1, 0.15) is 13.3 Å². The van der Waals surface area contributed by atoms with Crippen LogP contribution >= 0.6 is 10.7 Å². The van der Waals surface area contributed by atoms with E-state index in [1.807, 2.05) is 6.92 Å². The molecule has 11 heavy (non-hydrogen) atoms. The van der Waals surface area contributed by atoms with Crippen LogP contribution in [0, 0.1) is 0 Å². The Bertz CT molecular complexity index is 249. The molecular weight excluding hydrogens is 186 g/mol. The fourth-order valence-corrected chi connectivity index (χ4v) is 1.80. The maximum Gasteiger partial charge on any atom is 0.222 e. The molecule has 0 aromatic heterocycles. The molecule has 0 aromatic rings. The van der Waals surface area contributed by atoms with Crippen LogP contribution in [0.3, 0.4) is 0 Å². The van der Waals surface area contributed by atoms with Crippen molar-refractivity contribution in [2.24, 2.45) is 4.99 Å². The van der Waals surface area contributed by atoms with Gasteiger partial charge in [0.25, 0.3) is 0 Å². The van der Waals surface area contributed by atoms with Crippen LogP contribution in [0.5, 0.6) is 0 Å². The summed E-state index contributed by atoms with van der Waals surface area (Å²) in [6.07, 6.45) is 0.902. The molecule has 0 radical (unpaired) electrons. The number of nitrogens with zero attached hydrogens (tertiary/aromatic N) is 1. The van der Waals surface area contributed by atoms with Gasteiger partial charge in [0.15, 0.2) is 0 Å². The molecule has 0 saturated carbocycles. The van der Waals surface area contributed by atoms with Gasteiger partial charge < -0.3 is 4.74 Å². The predicted octanol–water partition coefficient (Wildman–Crippen LogP) is 1.42. The molecule has 0 aromatic carbocycles. The molecule has 1 heterocycles. The molecule has 0 unspecified atom stereocenters. The predicted molar refractivity (Wildman–Crippen MR) is 48.2 cm³/mol. The molecule has 64 valence electrons. The molecular formula is C6H10ClNO2S. The average molecular weight is 196 g/mol. The molecule has 1 rings (SSSR count). The van der Waals surface area contributed by atoms with Gasteiger partial charge in [-0.15, -0.1) is 0 Å². The second-order valence-corrected chi connectivity index (χ2v) is 5.51. The number of aliphatic imine (C=N–C) groups is 1. The third-order valence-corrected chi connectivity index (χ3v) is 2.64. The highest BCUT2D eigenvalue weighted by Crippen LogP contribution is 2.20. The van der Waals surface area contributed by atoms with Crippen molar-refractivity contribution in [1.82, 2.24) is 0 Å². The maximum atomic E-state index is 11.0. The summed E-state index contributed by atoms with van der Waals surface area (Å²) >= 11 is 0. The van der Waals surface area contributed by atoms with E-state index in [2.05, 4.69) is 4.99 Å². The minimum atomic E-state index is -2.75. The van der Waals surface area contributed by atoms with Gasteiger partial charge in [-0.1, -0.05) is 6.92 Å². The van der Waals surface area contributed by atoms with E-state index < -0.39 is 9.15 Å². The van der Waals surface area contributed by atoms with Crippen molar-refractivity contribution in [2.75, 3.05) is 6.61 Å². The van der Waals surface area contributed by atoms with Gasteiger partial charge in [-0.25, -0.2) is 4.99 Å². The SMILES string of the molecule is CCCOC1=C[SH](=O)(Cl)C=N1. The van der Waals surface area contributed by atoms with E-state index in [-0.39, 0.29) is 0 Å². The highest BCUT2D eigenvalue weighted by atomic mass is 35.7. The first-order valence-electron chi connectivity index (χ1n) is 3.34. The Hall–Kier alpha value is -0.350. The fraction of sp³-hybridized carbons (Fsp3) is 0.500. The van der Waals surface area contributed by atoms with Crippen LogP contribution in [-0.4, -0.2) is 16.4 Å². The summed E-state index contributed by atoms with van der Waals surface area (Å²) in [5, 5.41) is 1.37. The van der Waals surface area contributed by atoms with Crippen molar-refractivity contribution < 1.29 is 8.95 Å². The molecule has 0 atom stereocenters. The van der Waals surface area contributed by atoms with Crippen LogP contribution in [0.2, 0.25) is 0 Å². The third kappa shape index (κ3) is 2.63.